The van der Waals surface area contributed by atoms with Gasteiger partial charge in [0.05, 0.1) is 16.6 Å². The molecule has 0 saturated carbocycles. The molecule has 2 aromatic carbocycles. The number of cyclic esters (lactones) is 1. The molecule has 0 aromatic heterocycles. The zero-order chi connectivity index (χ0) is 18.9. The van der Waals surface area contributed by atoms with Crippen molar-refractivity contribution in [3.8, 4) is 5.75 Å². The fraction of sp³-hybridized carbons (Fsp3) is 0.188. The molecule has 1 aliphatic rings. The minimum absolute atomic E-state index is 0.0749. The number of nitrogens with one attached hydrogen (secondary N) is 1. The average molecular weight is 368 g/mol. The maximum absolute atomic E-state index is 12.3. The molecule has 0 fully saturated rings. The van der Waals surface area contributed by atoms with Crippen LogP contribution >= 0.6 is 0 Å². The van der Waals surface area contributed by atoms with Crippen LogP contribution in [0.1, 0.15) is 22.1 Å². The van der Waals surface area contributed by atoms with Crippen LogP contribution in [-0.2, 0) is 4.74 Å². The molecular weight excluding hydrogens is 357 g/mol. The molecule has 0 bridgehead atoms. The predicted molar refractivity (Wildman–Crippen MR) is 82.9 cm³/mol. The zero-order valence-corrected chi connectivity index (χ0v) is 12.9. The van der Waals surface area contributed by atoms with Gasteiger partial charge in [0.25, 0.3) is 5.69 Å². The van der Waals surface area contributed by atoms with Gasteiger partial charge in [0.1, 0.15) is 5.75 Å². The van der Waals surface area contributed by atoms with E-state index in [4.69, 9.17) is 4.74 Å². The van der Waals surface area contributed by atoms with E-state index in [2.05, 4.69) is 10.1 Å². The van der Waals surface area contributed by atoms with Gasteiger partial charge in [-0.05, 0) is 6.07 Å². The van der Waals surface area contributed by atoms with Gasteiger partial charge in [0, 0.05) is 23.4 Å². The van der Waals surface area contributed by atoms with Crippen LogP contribution in [0.15, 0.2) is 42.5 Å². The number of hydrogen-bond acceptors (Lipinski definition) is 6. The fourth-order valence-electron chi connectivity index (χ4n) is 2.42. The maximum atomic E-state index is 12.3. The molecule has 0 saturated heterocycles. The number of anilines is 1. The van der Waals surface area contributed by atoms with Gasteiger partial charge in [-0.2, -0.15) is 13.2 Å². The molecule has 2 aromatic rings. The second-order valence-electron chi connectivity index (χ2n) is 5.39. The van der Waals surface area contributed by atoms with Crippen LogP contribution < -0.4 is 10.1 Å². The molecule has 0 spiro atoms. The van der Waals surface area contributed by atoms with E-state index in [1.165, 1.54) is 0 Å². The van der Waals surface area contributed by atoms with Gasteiger partial charge in [0.2, 0.25) is 6.23 Å². The van der Waals surface area contributed by atoms with Crippen LogP contribution in [0.4, 0.5) is 24.5 Å². The average Bonchev–Trinajstić information content (AvgIpc) is 2.88. The number of nitrogens with zero attached hydrogens (tertiary/aromatic N) is 1. The summed E-state index contributed by atoms with van der Waals surface area (Å²) in [6, 6.07) is 9.68. The number of rotatable bonds is 5. The first-order valence-electron chi connectivity index (χ1n) is 7.28. The third-order valence-corrected chi connectivity index (χ3v) is 3.49. The molecular formula is C16H11F3N2O5. The largest absolute Gasteiger partial charge is 0.484 e. The maximum Gasteiger partial charge on any atom is 0.422 e. The van der Waals surface area contributed by atoms with Crippen LogP contribution in [0.3, 0.4) is 0 Å². The van der Waals surface area contributed by atoms with Crippen molar-refractivity contribution in [2.75, 3.05) is 11.9 Å². The Morgan fingerprint density at radius 3 is 2.65 bits per heavy atom. The number of nitro benzene ring substituents is 1. The lowest BCUT2D eigenvalue weighted by atomic mass is 10.1. The SMILES string of the molecule is O=C1OC(Nc2cc(OCC(F)(F)F)cc([N+](=O)[O-])c2)c2ccccc21. The third-order valence-electron chi connectivity index (χ3n) is 3.49. The Bertz CT molecular complexity index is 869. The summed E-state index contributed by atoms with van der Waals surface area (Å²) in [6.07, 6.45) is -5.51. The summed E-state index contributed by atoms with van der Waals surface area (Å²) < 4.78 is 46.6. The predicted octanol–water partition coefficient (Wildman–Crippen LogP) is 3.82. The Morgan fingerprint density at radius 1 is 1.23 bits per heavy atom. The van der Waals surface area contributed by atoms with Gasteiger partial charge < -0.3 is 14.8 Å². The lowest BCUT2D eigenvalue weighted by molar-refractivity contribution is -0.384. The van der Waals surface area contributed by atoms with Crippen molar-refractivity contribution < 1.29 is 32.4 Å². The molecule has 0 aliphatic carbocycles. The second kappa shape index (κ2) is 6.54. The van der Waals surface area contributed by atoms with Crippen LogP contribution in [0, 0.1) is 10.1 Å². The van der Waals surface area contributed by atoms with Crippen LogP contribution in [0.25, 0.3) is 0 Å². The normalized spacial score (nSPS) is 16.0. The first-order chi connectivity index (χ1) is 12.2. The third kappa shape index (κ3) is 3.85. The minimum Gasteiger partial charge on any atom is -0.484 e. The van der Waals surface area contributed by atoms with Crippen molar-refractivity contribution in [1.29, 1.82) is 0 Å². The van der Waals surface area contributed by atoms with E-state index in [0.29, 0.717) is 11.1 Å². The summed E-state index contributed by atoms with van der Waals surface area (Å²) in [4.78, 5) is 22.0. The number of nitro groups is 1. The Morgan fingerprint density at radius 2 is 1.96 bits per heavy atom. The molecule has 1 aliphatic heterocycles. The van der Waals surface area contributed by atoms with E-state index in [1.54, 1.807) is 24.3 Å². The van der Waals surface area contributed by atoms with E-state index < -0.39 is 35.6 Å². The number of fused-ring (bicyclic) bond motifs is 1. The van der Waals surface area contributed by atoms with E-state index >= 15 is 0 Å². The van der Waals surface area contributed by atoms with Crippen molar-refractivity contribution in [2.24, 2.45) is 0 Å². The standard InChI is InChI=1S/C16H11F3N2O5/c17-16(18,19)8-25-11-6-9(5-10(7-11)21(23)24)20-14-12-3-1-2-4-13(12)15(22)26-14/h1-7,14,20H,8H2. The monoisotopic (exact) mass is 368 g/mol. The van der Waals surface area contributed by atoms with Crippen LogP contribution in [0.2, 0.25) is 0 Å². The molecule has 0 radical (unpaired) electrons. The molecule has 136 valence electrons. The van der Waals surface area contributed by atoms with Crippen molar-refractivity contribution in [3.05, 3.63) is 63.7 Å². The highest BCUT2D eigenvalue weighted by atomic mass is 19.4. The van der Waals surface area contributed by atoms with Crippen molar-refractivity contribution in [1.82, 2.24) is 0 Å². The molecule has 1 heterocycles. The number of hydrogen-bond donors (Lipinski definition) is 1. The topological polar surface area (TPSA) is 90.7 Å². The van der Waals surface area contributed by atoms with Crippen molar-refractivity contribution >= 4 is 17.3 Å². The number of alkyl halides is 3. The first kappa shape index (κ1) is 17.5. The molecule has 1 N–H and O–H groups in total. The summed E-state index contributed by atoms with van der Waals surface area (Å²) in [5.74, 6) is -0.909. The number of carbonyl (C=O) groups is 1. The number of ether oxygens (including phenoxy) is 2. The molecule has 3 rings (SSSR count). The molecule has 1 atom stereocenters. The van der Waals surface area contributed by atoms with Gasteiger partial charge >= 0.3 is 12.1 Å². The van der Waals surface area contributed by atoms with Gasteiger partial charge in [-0.15, -0.1) is 0 Å². The second-order valence-corrected chi connectivity index (χ2v) is 5.39. The van der Waals surface area contributed by atoms with Crippen LogP contribution in [-0.4, -0.2) is 23.7 Å². The summed E-state index contributed by atoms with van der Waals surface area (Å²) >= 11 is 0. The highest BCUT2D eigenvalue weighted by molar-refractivity contribution is 5.94. The van der Waals surface area contributed by atoms with Gasteiger partial charge in [-0.25, -0.2) is 4.79 Å². The number of carbonyl (C=O) groups excluding carboxylic acids is 1. The van der Waals surface area contributed by atoms with Gasteiger partial charge in [-0.1, -0.05) is 18.2 Å². The van der Waals surface area contributed by atoms with E-state index in [-0.39, 0.29) is 11.4 Å². The summed E-state index contributed by atoms with van der Waals surface area (Å²) in [7, 11) is 0. The van der Waals surface area contributed by atoms with E-state index in [9.17, 15) is 28.1 Å². The van der Waals surface area contributed by atoms with Gasteiger partial charge in [-0.3, -0.25) is 10.1 Å². The Hall–Kier alpha value is -3.30. The quantitative estimate of drug-likeness (QED) is 0.490. The molecule has 26 heavy (non-hydrogen) atoms. The fourth-order valence-corrected chi connectivity index (χ4v) is 2.42. The lowest BCUT2D eigenvalue weighted by Crippen LogP contribution is -2.19. The number of benzene rings is 2. The number of esters is 1. The van der Waals surface area contributed by atoms with Gasteiger partial charge in [0.15, 0.2) is 6.61 Å². The number of non-ortho nitro benzene ring substituents is 1. The smallest absolute Gasteiger partial charge is 0.422 e. The Labute approximate surface area is 144 Å². The van der Waals surface area contributed by atoms with Crippen molar-refractivity contribution in [2.45, 2.75) is 12.4 Å². The summed E-state index contributed by atoms with van der Waals surface area (Å²) in [5.41, 5.74) is 0.460. The molecule has 7 nitrogen and oxygen atoms in total. The first-order valence-corrected chi connectivity index (χ1v) is 7.28. The highest BCUT2D eigenvalue weighted by Crippen LogP contribution is 2.34. The van der Waals surface area contributed by atoms with E-state index in [1.807, 2.05) is 0 Å². The number of halogens is 3. The zero-order valence-electron chi connectivity index (χ0n) is 12.9. The minimum atomic E-state index is -4.59. The molecule has 10 heteroatoms. The highest BCUT2D eigenvalue weighted by Gasteiger charge is 2.31. The summed E-state index contributed by atoms with van der Waals surface area (Å²) in [6.45, 7) is -1.59. The van der Waals surface area contributed by atoms with Crippen molar-refractivity contribution in [3.63, 3.8) is 0 Å². The van der Waals surface area contributed by atoms with E-state index in [0.717, 1.165) is 18.2 Å². The Balaban J connectivity index is 1.86. The molecule has 1 unspecified atom stereocenters. The molecule has 0 amide bonds. The summed E-state index contributed by atoms with van der Waals surface area (Å²) in [5, 5.41) is 13.8. The Kier molecular flexibility index (Phi) is 4.41. The lowest BCUT2D eigenvalue weighted by Gasteiger charge is -2.16. The van der Waals surface area contributed by atoms with Crippen LogP contribution in [0.5, 0.6) is 5.75 Å².